The summed E-state index contributed by atoms with van der Waals surface area (Å²) in [5, 5.41) is 8.31. The van der Waals surface area contributed by atoms with E-state index in [4.69, 9.17) is 0 Å². The molecule has 2 heterocycles. The number of carbonyl (C=O) groups excluding carboxylic acids is 1. The van der Waals surface area contributed by atoms with Crippen molar-refractivity contribution in [3.8, 4) is 0 Å². The van der Waals surface area contributed by atoms with Gasteiger partial charge in [0, 0.05) is 26.2 Å². The van der Waals surface area contributed by atoms with Crippen molar-refractivity contribution < 1.29 is 9.18 Å². The largest absolute Gasteiger partial charge is 0.352 e. The van der Waals surface area contributed by atoms with Gasteiger partial charge in [-0.15, -0.1) is 5.10 Å². The summed E-state index contributed by atoms with van der Waals surface area (Å²) in [6.07, 6.45) is 1.59. The van der Waals surface area contributed by atoms with E-state index in [1.807, 2.05) is 48.2 Å². The highest BCUT2D eigenvalue weighted by Gasteiger charge is 2.44. The van der Waals surface area contributed by atoms with Crippen LogP contribution in [-0.2, 0) is 16.9 Å². The molecule has 2 aromatic rings. The van der Waals surface area contributed by atoms with Crippen LogP contribution < -0.4 is 4.90 Å². The Hall–Kier alpha value is -2.50. The molecule has 1 aliphatic carbocycles. The zero-order valence-electron chi connectivity index (χ0n) is 15.0. The van der Waals surface area contributed by atoms with Crippen LogP contribution in [0, 0.1) is 6.92 Å². The fraction of sp³-hybridized carbons (Fsp3) is 0.450. The zero-order chi connectivity index (χ0) is 18.1. The minimum atomic E-state index is -1.11. The average Bonchev–Trinajstić information content (AvgIpc) is 3.42. The van der Waals surface area contributed by atoms with E-state index >= 15 is 0 Å². The third-order valence-electron chi connectivity index (χ3n) is 5.26. The number of amides is 1. The summed E-state index contributed by atoms with van der Waals surface area (Å²) in [6, 6.07) is 11.3. The number of alkyl halides is 1. The molecule has 6 heteroatoms. The summed E-state index contributed by atoms with van der Waals surface area (Å²) >= 11 is 0. The minimum Gasteiger partial charge on any atom is -0.352 e. The number of aromatic nitrogens is 2. The van der Waals surface area contributed by atoms with Gasteiger partial charge in [0.25, 0.3) is 0 Å². The highest BCUT2D eigenvalue weighted by molar-refractivity contribution is 5.79. The van der Waals surface area contributed by atoms with E-state index in [0.717, 1.165) is 35.7 Å². The van der Waals surface area contributed by atoms with Crippen LogP contribution in [0.2, 0.25) is 0 Å². The van der Waals surface area contributed by atoms with Gasteiger partial charge in [-0.1, -0.05) is 24.3 Å². The second-order valence-corrected chi connectivity index (χ2v) is 7.24. The van der Waals surface area contributed by atoms with Crippen LogP contribution in [0.15, 0.2) is 36.4 Å². The van der Waals surface area contributed by atoms with E-state index in [-0.39, 0.29) is 5.91 Å². The smallest absolute Gasteiger partial charge is 0.227 e. The van der Waals surface area contributed by atoms with E-state index in [0.29, 0.717) is 32.4 Å². The predicted octanol–water partition coefficient (Wildman–Crippen LogP) is 2.63. The summed E-state index contributed by atoms with van der Waals surface area (Å²) in [6.45, 7) is 4.79. The molecular formula is C20H23FN4O. The van der Waals surface area contributed by atoms with Crippen molar-refractivity contribution in [3.05, 3.63) is 53.2 Å². The molecule has 2 aliphatic rings. The van der Waals surface area contributed by atoms with Crippen LogP contribution in [0.4, 0.5) is 10.2 Å². The predicted molar refractivity (Wildman–Crippen MR) is 97.7 cm³/mol. The molecule has 4 rings (SSSR count). The number of hydrogen-bond donors (Lipinski definition) is 0. The summed E-state index contributed by atoms with van der Waals surface area (Å²) in [4.78, 5) is 16.6. The normalized spacial score (nSPS) is 18.7. The Kier molecular flexibility index (Phi) is 4.34. The number of aryl methyl sites for hydroxylation is 1. The van der Waals surface area contributed by atoms with Gasteiger partial charge in [0.1, 0.15) is 5.67 Å². The monoisotopic (exact) mass is 354 g/mol. The van der Waals surface area contributed by atoms with Crippen molar-refractivity contribution in [1.82, 2.24) is 15.1 Å². The van der Waals surface area contributed by atoms with Gasteiger partial charge in [0.15, 0.2) is 5.82 Å². The lowest BCUT2D eigenvalue weighted by atomic mass is 10.0. The first kappa shape index (κ1) is 16.9. The van der Waals surface area contributed by atoms with Gasteiger partial charge in [-0.3, -0.25) is 4.79 Å². The molecule has 2 fully saturated rings. The molecule has 1 aliphatic heterocycles. The SMILES string of the molecule is Cc1ccc(N2CCN(C(=O)Cc3ccc(C4(F)CC4)cc3)CC2)nn1. The van der Waals surface area contributed by atoms with E-state index in [9.17, 15) is 9.18 Å². The van der Waals surface area contributed by atoms with Gasteiger partial charge < -0.3 is 9.80 Å². The van der Waals surface area contributed by atoms with Crippen molar-refractivity contribution >= 4 is 11.7 Å². The highest BCUT2D eigenvalue weighted by atomic mass is 19.1. The van der Waals surface area contributed by atoms with Crippen molar-refractivity contribution in [2.24, 2.45) is 0 Å². The third-order valence-corrected chi connectivity index (χ3v) is 5.26. The number of nitrogens with zero attached hydrogens (tertiary/aromatic N) is 4. The number of benzene rings is 1. The molecule has 0 N–H and O–H groups in total. The Morgan fingerprint density at radius 2 is 1.73 bits per heavy atom. The Balaban J connectivity index is 1.31. The summed E-state index contributed by atoms with van der Waals surface area (Å²) < 4.78 is 14.0. The zero-order valence-corrected chi connectivity index (χ0v) is 15.0. The molecule has 0 radical (unpaired) electrons. The van der Waals surface area contributed by atoms with Crippen LogP contribution in [0.1, 0.15) is 29.7 Å². The van der Waals surface area contributed by atoms with Crippen molar-refractivity contribution in [3.63, 3.8) is 0 Å². The fourth-order valence-corrected chi connectivity index (χ4v) is 3.35. The molecule has 1 amide bonds. The van der Waals surface area contributed by atoms with Crippen LogP contribution in [0.25, 0.3) is 0 Å². The van der Waals surface area contributed by atoms with Crippen molar-refractivity contribution in [2.45, 2.75) is 31.9 Å². The van der Waals surface area contributed by atoms with E-state index in [1.54, 1.807) is 0 Å². The van der Waals surface area contributed by atoms with Gasteiger partial charge >= 0.3 is 0 Å². The number of hydrogen-bond acceptors (Lipinski definition) is 4. The topological polar surface area (TPSA) is 49.3 Å². The first-order chi connectivity index (χ1) is 12.5. The molecule has 26 heavy (non-hydrogen) atoms. The Labute approximate surface area is 152 Å². The maximum Gasteiger partial charge on any atom is 0.227 e. The number of carbonyl (C=O) groups is 1. The molecular weight excluding hydrogens is 331 g/mol. The number of halogens is 1. The Morgan fingerprint density at radius 3 is 2.31 bits per heavy atom. The summed E-state index contributed by atoms with van der Waals surface area (Å²) in [7, 11) is 0. The van der Waals surface area contributed by atoms with E-state index < -0.39 is 5.67 Å². The first-order valence-corrected chi connectivity index (χ1v) is 9.15. The molecule has 136 valence electrons. The molecule has 0 spiro atoms. The second kappa shape index (κ2) is 6.67. The first-order valence-electron chi connectivity index (χ1n) is 9.15. The lowest BCUT2D eigenvalue weighted by Gasteiger charge is -2.35. The van der Waals surface area contributed by atoms with Crippen molar-refractivity contribution in [1.29, 1.82) is 0 Å². The second-order valence-electron chi connectivity index (χ2n) is 7.24. The van der Waals surface area contributed by atoms with Gasteiger partial charge in [0.05, 0.1) is 12.1 Å². The van der Waals surface area contributed by atoms with Crippen LogP contribution in [0.3, 0.4) is 0 Å². The molecule has 0 atom stereocenters. The molecule has 0 unspecified atom stereocenters. The number of piperazine rings is 1. The number of anilines is 1. The minimum absolute atomic E-state index is 0.119. The van der Waals surface area contributed by atoms with Gasteiger partial charge in [0.2, 0.25) is 5.91 Å². The Morgan fingerprint density at radius 1 is 1.04 bits per heavy atom. The average molecular weight is 354 g/mol. The summed E-state index contributed by atoms with van der Waals surface area (Å²) in [5.74, 6) is 0.979. The molecule has 0 bridgehead atoms. The van der Waals surface area contributed by atoms with Gasteiger partial charge in [-0.25, -0.2) is 4.39 Å². The Bertz CT molecular complexity index is 778. The molecule has 1 aromatic heterocycles. The standard InChI is InChI=1S/C20H23FN4O/c1-15-2-7-18(23-22-15)24-10-12-25(13-11-24)19(26)14-16-3-5-17(6-4-16)20(21)8-9-20/h2-7H,8-14H2,1H3. The maximum absolute atomic E-state index is 14.0. The van der Waals surface area contributed by atoms with Gasteiger partial charge in [-0.2, -0.15) is 5.10 Å². The highest BCUT2D eigenvalue weighted by Crippen LogP contribution is 2.49. The number of rotatable bonds is 4. The lowest BCUT2D eigenvalue weighted by Crippen LogP contribution is -2.49. The quantitative estimate of drug-likeness (QED) is 0.847. The third kappa shape index (κ3) is 3.54. The van der Waals surface area contributed by atoms with Crippen LogP contribution in [-0.4, -0.2) is 47.2 Å². The van der Waals surface area contributed by atoms with Crippen LogP contribution >= 0.6 is 0 Å². The molecule has 1 aromatic carbocycles. The lowest BCUT2D eigenvalue weighted by molar-refractivity contribution is -0.130. The van der Waals surface area contributed by atoms with Crippen LogP contribution in [0.5, 0.6) is 0 Å². The van der Waals surface area contributed by atoms with Gasteiger partial charge in [-0.05, 0) is 43.0 Å². The maximum atomic E-state index is 14.0. The van der Waals surface area contributed by atoms with E-state index in [1.165, 1.54) is 0 Å². The fourth-order valence-electron chi connectivity index (χ4n) is 3.35. The summed E-state index contributed by atoms with van der Waals surface area (Å²) in [5.41, 5.74) is 1.46. The molecule has 1 saturated heterocycles. The molecule has 5 nitrogen and oxygen atoms in total. The van der Waals surface area contributed by atoms with Crippen molar-refractivity contribution in [2.75, 3.05) is 31.1 Å². The van der Waals surface area contributed by atoms with E-state index in [2.05, 4.69) is 15.1 Å². The molecule has 1 saturated carbocycles.